The average molecular weight is 347 g/mol. The molecule has 1 fully saturated rings. The van der Waals surface area contributed by atoms with E-state index >= 15 is 0 Å². The standard InChI is InChI=1S/C17H15ClN2O4/c18-14-4-2-1-3-10(14)8-20-9-11(5-6-15(20)21)19-16(22)12-7-13(12)17(23)24/h1-6,9,12-13H,7-8H2,(H,19,22)(H,23,24)/t12-,13-/m0/s1. The van der Waals surface area contributed by atoms with E-state index in [1.165, 1.54) is 22.9 Å². The monoisotopic (exact) mass is 346 g/mol. The normalized spacial score (nSPS) is 18.9. The van der Waals surface area contributed by atoms with Gasteiger partial charge in [0.25, 0.3) is 5.56 Å². The van der Waals surface area contributed by atoms with Crippen molar-refractivity contribution in [1.82, 2.24) is 4.57 Å². The van der Waals surface area contributed by atoms with Gasteiger partial charge in [0, 0.05) is 17.3 Å². The summed E-state index contributed by atoms with van der Waals surface area (Å²) in [4.78, 5) is 34.8. The lowest BCUT2D eigenvalue weighted by Crippen LogP contribution is -2.22. The van der Waals surface area contributed by atoms with Crippen molar-refractivity contribution in [3.63, 3.8) is 0 Å². The van der Waals surface area contributed by atoms with Gasteiger partial charge in [0.15, 0.2) is 0 Å². The lowest BCUT2D eigenvalue weighted by Gasteiger charge is -2.10. The van der Waals surface area contributed by atoms with Crippen LogP contribution in [0.15, 0.2) is 47.4 Å². The Labute approximate surface area is 142 Å². The molecule has 1 heterocycles. The number of rotatable bonds is 5. The van der Waals surface area contributed by atoms with Crippen LogP contribution in [0.25, 0.3) is 0 Å². The number of aromatic nitrogens is 1. The van der Waals surface area contributed by atoms with Gasteiger partial charge in [-0.2, -0.15) is 0 Å². The number of hydrogen-bond donors (Lipinski definition) is 2. The van der Waals surface area contributed by atoms with Crippen molar-refractivity contribution in [2.45, 2.75) is 13.0 Å². The van der Waals surface area contributed by atoms with Crippen LogP contribution in [0, 0.1) is 11.8 Å². The molecule has 0 bridgehead atoms. The molecular formula is C17H15ClN2O4. The number of hydrogen-bond acceptors (Lipinski definition) is 3. The number of carboxylic acids is 1. The minimum atomic E-state index is -0.959. The third-order valence-corrected chi connectivity index (χ3v) is 4.36. The number of anilines is 1. The van der Waals surface area contributed by atoms with E-state index in [0.29, 0.717) is 17.1 Å². The van der Waals surface area contributed by atoms with Gasteiger partial charge in [0.05, 0.1) is 24.1 Å². The Morgan fingerprint density at radius 2 is 1.96 bits per heavy atom. The zero-order valence-corrected chi connectivity index (χ0v) is 13.4. The minimum Gasteiger partial charge on any atom is -0.481 e. The van der Waals surface area contributed by atoms with Crippen LogP contribution in [-0.2, 0) is 16.1 Å². The summed E-state index contributed by atoms with van der Waals surface area (Å²) in [6.07, 6.45) is 1.88. The number of nitrogens with zero attached hydrogens (tertiary/aromatic N) is 1. The third-order valence-electron chi connectivity index (χ3n) is 3.99. The number of benzene rings is 1. The van der Waals surface area contributed by atoms with Crippen LogP contribution in [0.5, 0.6) is 0 Å². The lowest BCUT2D eigenvalue weighted by atomic mass is 10.2. The molecule has 1 aromatic carbocycles. The van der Waals surface area contributed by atoms with E-state index in [1.807, 2.05) is 12.1 Å². The number of pyridine rings is 1. The summed E-state index contributed by atoms with van der Waals surface area (Å²) < 4.78 is 1.44. The molecular weight excluding hydrogens is 332 g/mol. The first kappa shape index (κ1) is 16.3. The molecule has 7 heteroatoms. The fraction of sp³-hybridized carbons (Fsp3) is 0.235. The Morgan fingerprint density at radius 1 is 1.21 bits per heavy atom. The Kier molecular flexibility index (Phi) is 4.40. The number of carbonyl (C=O) groups excluding carboxylic acids is 1. The maximum atomic E-state index is 12.0. The van der Waals surface area contributed by atoms with Gasteiger partial charge in [0.2, 0.25) is 5.91 Å². The Balaban J connectivity index is 1.75. The van der Waals surface area contributed by atoms with E-state index in [-0.39, 0.29) is 18.0 Å². The molecule has 1 saturated carbocycles. The second-order valence-corrected chi connectivity index (χ2v) is 6.16. The molecule has 2 aromatic rings. The molecule has 0 aliphatic heterocycles. The smallest absolute Gasteiger partial charge is 0.307 e. The van der Waals surface area contributed by atoms with E-state index in [9.17, 15) is 14.4 Å². The van der Waals surface area contributed by atoms with Crippen molar-refractivity contribution in [2.75, 3.05) is 5.32 Å². The van der Waals surface area contributed by atoms with Crippen LogP contribution in [0.4, 0.5) is 5.69 Å². The summed E-state index contributed by atoms with van der Waals surface area (Å²) in [7, 11) is 0. The van der Waals surface area contributed by atoms with Crippen molar-refractivity contribution >= 4 is 29.2 Å². The quantitative estimate of drug-likeness (QED) is 0.868. The van der Waals surface area contributed by atoms with Gasteiger partial charge in [-0.1, -0.05) is 29.8 Å². The van der Waals surface area contributed by atoms with Crippen LogP contribution in [0.3, 0.4) is 0 Å². The van der Waals surface area contributed by atoms with Crippen molar-refractivity contribution in [2.24, 2.45) is 11.8 Å². The second kappa shape index (κ2) is 6.49. The zero-order chi connectivity index (χ0) is 17.3. The average Bonchev–Trinajstić information content (AvgIpc) is 3.33. The fourth-order valence-corrected chi connectivity index (χ4v) is 2.73. The predicted molar refractivity (Wildman–Crippen MR) is 89.1 cm³/mol. The molecule has 0 saturated heterocycles. The second-order valence-electron chi connectivity index (χ2n) is 5.75. The highest BCUT2D eigenvalue weighted by molar-refractivity contribution is 6.31. The summed E-state index contributed by atoms with van der Waals surface area (Å²) in [5.74, 6) is -2.42. The summed E-state index contributed by atoms with van der Waals surface area (Å²) in [5.41, 5.74) is 1.02. The number of carboxylic acid groups (broad SMARTS) is 1. The minimum absolute atomic E-state index is 0.220. The van der Waals surface area contributed by atoms with E-state index in [0.717, 1.165) is 5.56 Å². The highest BCUT2D eigenvalue weighted by Crippen LogP contribution is 2.39. The fourth-order valence-electron chi connectivity index (χ4n) is 2.53. The lowest BCUT2D eigenvalue weighted by molar-refractivity contribution is -0.139. The van der Waals surface area contributed by atoms with Crippen LogP contribution in [0.2, 0.25) is 5.02 Å². The highest BCUT2D eigenvalue weighted by Gasteiger charge is 2.48. The molecule has 1 aliphatic rings. The van der Waals surface area contributed by atoms with Crippen molar-refractivity contribution in [1.29, 1.82) is 0 Å². The maximum absolute atomic E-state index is 12.0. The number of nitrogens with one attached hydrogen (secondary N) is 1. The first-order valence-electron chi connectivity index (χ1n) is 7.43. The van der Waals surface area contributed by atoms with E-state index in [2.05, 4.69) is 5.32 Å². The van der Waals surface area contributed by atoms with Gasteiger partial charge in [-0.15, -0.1) is 0 Å². The molecule has 0 radical (unpaired) electrons. The van der Waals surface area contributed by atoms with Gasteiger partial charge in [-0.25, -0.2) is 0 Å². The molecule has 2 N–H and O–H groups in total. The Morgan fingerprint density at radius 3 is 2.62 bits per heavy atom. The Bertz CT molecular complexity index is 862. The molecule has 24 heavy (non-hydrogen) atoms. The van der Waals surface area contributed by atoms with Crippen molar-refractivity contribution < 1.29 is 14.7 Å². The van der Waals surface area contributed by atoms with Crippen LogP contribution in [0.1, 0.15) is 12.0 Å². The van der Waals surface area contributed by atoms with E-state index in [4.69, 9.17) is 16.7 Å². The summed E-state index contributed by atoms with van der Waals surface area (Å²) in [5, 5.41) is 12.1. The molecule has 0 spiro atoms. The number of halogens is 1. The first-order chi connectivity index (χ1) is 11.5. The largest absolute Gasteiger partial charge is 0.481 e. The SMILES string of the molecule is O=C(O)[C@H]1C[C@@H]1C(=O)Nc1ccc(=O)n(Cc2ccccc2Cl)c1. The number of carbonyl (C=O) groups is 2. The van der Waals surface area contributed by atoms with Crippen LogP contribution in [-0.4, -0.2) is 21.6 Å². The van der Waals surface area contributed by atoms with Gasteiger partial charge in [-0.05, 0) is 24.1 Å². The van der Waals surface area contributed by atoms with E-state index in [1.54, 1.807) is 12.1 Å². The van der Waals surface area contributed by atoms with Gasteiger partial charge >= 0.3 is 5.97 Å². The molecule has 1 aromatic heterocycles. The topological polar surface area (TPSA) is 88.4 Å². The molecule has 124 valence electrons. The molecule has 2 atom stereocenters. The highest BCUT2D eigenvalue weighted by atomic mass is 35.5. The van der Waals surface area contributed by atoms with Crippen molar-refractivity contribution in [3.05, 3.63) is 63.5 Å². The molecule has 6 nitrogen and oxygen atoms in total. The maximum Gasteiger partial charge on any atom is 0.307 e. The summed E-state index contributed by atoms with van der Waals surface area (Å²) in [6.45, 7) is 0.281. The van der Waals surface area contributed by atoms with Crippen LogP contribution < -0.4 is 10.9 Å². The predicted octanol–water partition coefficient (Wildman–Crippen LogP) is 2.21. The van der Waals surface area contributed by atoms with Gasteiger partial charge < -0.3 is 15.0 Å². The van der Waals surface area contributed by atoms with Crippen LogP contribution >= 0.6 is 11.6 Å². The van der Waals surface area contributed by atoms with Crippen molar-refractivity contribution in [3.8, 4) is 0 Å². The first-order valence-corrected chi connectivity index (χ1v) is 7.81. The molecule has 1 amide bonds. The molecule has 3 rings (SSSR count). The zero-order valence-electron chi connectivity index (χ0n) is 12.6. The molecule has 0 unspecified atom stereocenters. The van der Waals surface area contributed by atoms with E-state index < -0.39 is 17.8 Å². The summed E-state index contributed by atoms with van der Waals surface area (Å²) in [6, 6.07) is 10.1. The number of amides is 1. The molecule has 1 aliphatic carbocycles. The number of aliphatic carboxylic acids is 1. The summed E-state index contributed by atoms with van der Waals surface area (Å²) >= 11 is 6.11. The van der Waals surface area contributed by atoms with Gasteiger partial charge in [0.1, 0.15) is 0 Å². The van der Waals surface area contributed by atoms with Gasteiger partial charge in [-0.3, -0.25) is 14.4 Å². The Hall–Kier alpha value is -2.60. The third kappa shape index (κ3) is 3.49.